The monoisotopic (exact) mass is 275 g/mol. The predicted octanol–water partition coefficient (Wildman–Crippen LogP) is 3.02. The normalized spacial score (nSPS) is 14.6. The van der Waals surface area contributed by atoms with Crippen LogP contribution in [0.25, 0.3) is 0 Å². The van der Waals surface area contributed by atoms with Crippen LogP contribution < -0.4 is 10.1 Å². The average molecular weight is 275 g/mol. The van der Waals surface area contributed by atoms with Gasteiger partial charge in [0.1, 0.15) is 0 Å². The molecule has 2 N–H and O–H groups in total. The maximum absolute atomic E-state index is 12.0. The highest BCUT2D eigenvalue weighted by Crippen LogP contribution is 2.26. The van der Waals surface area contributed by atoms with Crippen LogP contribution >= 0.6 is 0 Å². The molecular formula is C16H21NO3. The fraction of sp³-hybridized carbons (Fsp3) is 0.438. The lowest BCUT2D eigenvalue weighted by Crippen LogP contribution is -2.24. The number of aromatic hydroxyl groups is 1. The summed E-state index contributed by atoms with van der Waals surface area (Å²) in [5.41, 5.74) is 1.88. The van der Waals surface area contributed by atoms with Crippen molar-refractivity contribution in [1.29, 1.82) is 0 Å². The smallest absolute Gasteiger partial charge is 0.251 e. The molecule has 1 aromatic carbocycles. The van der Waals surface area contributed by atoms with Gasteiger partial charge in [0, 0.05) is 12.1 Å². The second-order valence-electron chi connectivity index (χ2n) is 5.00. The Morgan fingerprint density at radius 2 is 2.25 bits per heavy atom. The molecule has 0 atom stereocenters. The summed E-state index contributed by atoms with van der Waals surface area (Å²) in [5, 5.41) is 12.5. The quantitative estimate of drug-likeness (QED) is 0.812. The lowest BCUT2D eigenvalue weighted by Gasteiger charge is -2.13. The molecule has 1 aromatic rings. The van der Waals surface area contributed by atoms with Crippen LogP contribution in [0.3, 0.4) is 0 Å². The lowest BCUT2D eigenvalue weighted by atomic mass is 9.97. The van der Waals surface area contributed by atoms with Gasteiger partial charge in [0.25, 0.3) is 5.91 Å². The molecule has 0 aliphatic heterocycles. The van der Waals surface area contributed by atoms with E-state index in [1.807, 2.05) is 0 Å². The van der Waals surface area contributed by atoms with E-state index in [4.69, 9.17) is 4.74 Å². The van der Waals surface area contributed by atoms with Gasteiger partial charge in [-0.3, -0.25) is 4.79 Å². The van der Waals surface area contributed by atoms with E-state index < -0.39 is 0 Å². The molecule has 0 saturated heterocycles. The average Bonchev–Trinajstić information content (AvgIpc) is 2.48. The summed E-state index contributed by atoms with van der Waals surface area (Å²) >= 11 is 0. The summed E-state index contributed by atoms with van der Waals surface area (Å²) in [4.78, 5) is 12.0. The van der Waals surface area contributed by atoms with Crippen LogP contribution in [-0.2, 0) is 0 Å². The topological polar surface area (TPSA) is 58.6 Å². The molecule has 1 amide bonds. The number of allylic oxidation sites excluding steroid dienone is 1. The minimum atomic E-state index is -0.167. The van der Waals surface area contributed by atoms with Crippen molar-refractivity contribution < 1.29 is 14.6 Å². The number of ether oxygens (including phenoxy) is 1. The number of carbonyl (C=O) groups excluding carboxylic acids is 1. The van der Waals surface area contributed by atoms with E-state index >= 15 is 0 Å². The summed E-state index contributed by atoms with van der Waals surface area (Å²) in [6.07, 6.45) is 8.05. The van der Waals surface area contributed by atoms with Gasteiger partial charge in [-0.15, -0.1) is 0 Å². The van der Waals surface area contributed by atoms with Gasteiger partial charge in [0.15, 0.2) is 11.5 Å². The Balaban J connectivity index is 1.85. The zero-order chi connectivity index (χ0) is 14.4. The Morgan fingerprint density at radius 3 is 2.90 bits per heavy atom. The van der Waals surface area contributed by atoms with Gasteiger partial charge < -0.3 is 15.2 Å². The van der Waals surface area contributed by atoms with Crippen molar-refractivity contribution in [2.24, 2.45) is 0 Å². The molecule has 0 aromatic heterocycles. The standard InChI is InChI=1S/C16H21NO3/c1-20-15-8-7-13(11-14(15)18)16(19)17-10-9-12-5-3-2-4-6-12/h5,7-8,11,18H,2-4,6,9-10H2,1H3,(H,17,19). The summed E-state index contributed by atoms with van der Waals surface area (Å²) in [5.74, 6) is 0.184. The number of phenols is 1. The third-order valence-electron chi connectivity index (χ3n) is 3.56. The molecule has 0 saturated carbocycles. The van der Waals surface area contributed by atoms with Gasteiger partial charge >= 0.3 is 0 Å². The Hall–Kier alpha value is -1.97. The first kappa shape index (κ1) is 14.4. The second-order valence-corrected chi connectivity index (χ2v) is 5.00. The van der Waals surface area contributed by atoms with Gasteiger partial charge in [-0.05, 0) is 50.3 Å². The molecule has 4 heteroatoms. The number of carbonyl (C=O) groups is 1. The molecule has 0 fully saturated rings. The first-order chi connectivity index (χ1) is 9.70. The fourth-order valence-electron chi connectivity index (χ4n) is 2.40. The molecule has 108 valence electrons. The van der Waals surface area contributed by atoms with Crippen LogP contribution in [0.15, 0.2) is 29.8 Å². The van der Waals surface area contributed by atoms with Crippen molar-refractivity contribution in [2.75, 3.05) is 13.7 Å². The van der Waals surface area contributed by atoms with Gasteiger partial charge in [-0.1, -0.05) is 11.6 Å². The number of hydrogen-bond acceptors (Lipinski definition) is 3. The molecule has 2 rings (SSSR count). The van der Waals surface area contributed by atoms with Gasteiger partial charge in [0.2, 0.25) is 0 Å². The van der Waals surface area contributed by atoms with Gasteiger partial charge in [0.05, 0.1) is 7.11 Å². The molecule has 0 unspecified atom stereocenters. The number of nitrogens with one attached hydrogen (secondary N) is 1. The van der Waals surface area contributed by atoms with Gasteiger partial charge in [-0.2, -0.15) is 0 Å². The summed E-state index contributed by atoms with van der Waals surface area (Å²) in [7, 11) is 1.48. The molecule has 0 heterocycles. The highest BCUT2D eigenvalue weighted by Gasteiger charge is 2.10. The molecule has 0 bridgehead atoms. The number of benzene rings is 1. The van der Waals surface area contributed by atoms with Crippen LogP contribution in [-0.4, -0.2) is 24.7 Å². The second kappa shape index (κ2) is 6.98. The highest BCUT2D eigenvalue weighted by molar-refractivity contribution is 5.94. The predicted molar refractivity (Wildman–Crippen MR) is 78.2 cm³/mol. The third kappa shape index (κ3) is 3.76. The molecule has 1 aliphatic rings. The molecule has 4 nitrogen and oxygen atoms in total. The highest BCUT2D eigenvalue weighted by atomic mass is 16.5. The zero-order valence-corrected chi connectivity index (χ0v) is 11.8. The maximum atomic E-state index is 12.0. The Labute approximate surface area is 119 Å². The number of methoxy groups -OCH3 is 1. The van der Waals surface area contributed by atoms with Crippen molar-refractivity contribution in [2.45, 2.75) is 32.1 Å². The molecular weight excluding hydrogens is 254 g/mol. The Morgan fingerprint density at radius 1 is 1.40 bits per heavy atom. The largest absolute Gasteiger partial charge is 0.504 e. The fourth-order valence-corrected chi connectivity index (χ4v) is 2.40. The minimum Gasteiger partial charge on any atom is -0.504 e. The minimum absolute atomic E-state index is 0.0184. The van der Waals surface area contributed by atoms with Crippen LogP contribution in [0, 0.1) is 0 Å². The SMILES string of the molecule is COc1ccc(C(=O)NCCC2=CCCCC2)cc1O. The van der Waals surface area contributed by atoms with Gasteiger partial charge in [-0.25, -0.2) is 0 Å². The molecule has 1 aliphatic carbocycles. The molecule has 0 radical (unpaired) electrons. The molecule has 20 heavy (non-hydrogen) atoms. The van der Waals surface area contributed by atoms with Crippen molar-refractivity contribution in [3.8, 4) is 11.5 Å². The van der Waals surface area contributed by atoms with Crippen LogP contribution in [0.4, 0.5) is 0 Å². The van der Waals surface area contributed by atoms with Crippen molar-refractivity contribution >= 4 is 5.91 Å². The summed E-state index contributed by atoms with van der Waals surface area (Å²) in [6, 6.07) is 4.66. The van der Waals surface area contributed by atoms with E-state index in [0.29, 0.717) is 17.9 Å². The number of hydrogen-bond donors (Lipinski definition) is 2. The van der Waals surface area contributed by atoms with Crippen molar-refractivity contribution in [1.82, 2.24) is 5.32 Å². The van der Waals surface area contributed by atoms with E-state index in [2.05, 4.69) is 11.4 Å². The van der Waals surface area contributed by atoms with E-state index in [1.54, 1.807) is 12.1 Å². The van der Waals surface area contributed by atoms with E-state index in [9.17, 15) is 9.90 Å². The van der Waals surface area contributed by atoms with Crippen LogP contribution in [0.2, 0.25) is 0 Å². The number of phenolic OH excluding ortho intramolecular Hbond substituents is 1. The first-order valence-corrected chi connectivity index (χ1v) is 7.04. The van der Waals surface area contributed by atoms with E-state index in [-0.39, 0.29) is 11.7 Å². The third-order valence-corrected chi connectivity index (χ3v) is 3.56. The van der Waals surface area contributed by atoms with Crippen molar-refractivity contribution in [3.63, 3.8) is 0 Å². The lowest BCUT2D eigenvalue weighted by molar-refractivity contribution is 0.0953. The summed E-state index contributed by atoms with van der Waals surface area (Å²) < 4.78 is 4.95. The van der Waals surface area contributed by atoms with Crippen LogP contribution in [0.5, 0.6) is 11.5 Å². The van der Waals surface area contributed by atoms with E-state index in [0.717, 1.165) is 19.3 Å². The maximum Gasteiger partial charge on any atom is 0.251 e. The first-order valence-electron chi connectivity index (χ1n) is 7.04. The number of rotatable bonds is 5. The van der Waals surface area contributed by atoms with Crippen LogP contribution in [0.1, 0.15) is 42.5 Å². The summed E-state index contributed by atoms with van der Waals surface area (Å²) in [6.45, 7) is 0.636. The Kier molecular flexibility index (Phi) is 5.04. The van der Waals surface area contributed by atoms with Crippen molar-refractivity contribution in [3.05, 3.63) is 35.4 Å². The number of amides is 1. The zero-order valence-electron chi connectivity index (χ0n) is 11.8. The Bertz CT molecular complexity index is 508. The van der Waals surface area contributed by atoms with E-state index in [1.165, 1.54) is 31.6 Å². The molecule has 0 spiro atoms.